The molecule has 0 radical (unpaired) electrons. The van der Waals surface area contributed by atoms with Crippen LogP contribution in [0, 0.1) is 0 Å². The lowest BCUT2D eigenvalue weighted by molar-refractivity contribution is 0.0893. The molecule has 0 saturated carbocycles. The first-order valence-electron chi connectivity index (χ1n) is 16.1. The number of ether oxygens (including phenoxy) is 2. The zero-order valence-electron chi connectivity index (χ0n) is 27.3. The third-order valence-electron chi connectivity index (χ3n) is 9.44. The number of anilines is 1. The minimum atomic E-state index is -4.49. The van der Waals surface area contributed by atoms with Crippen LogP contribution in [0.15, 0.2) is 136 Å². The quantitative estimate of drug-likeness (QED) is 0.0685. The number of benzene rings is 8. The molecular formula is C40H22BrNO10S2. The van der Waals surface area contributed by atoms with Crippen molar-refractivity contribution in [2.75, 3.05) is 4.90 Å². The van der Waals surface area contributed by atoms with Crippen LogP contribution in [0.3, 0.4) is 0 Å². The van der Waals surface area contributed by atoms with E-state index < -0.39 is 32.1 Å². The number of fused-ring (bicyclic) bond motifs is 2. The van der Waals surface area contributed by atoms with E-state index in [1.54, 1.807) is 42.5 Å². The number of nitrogens with zero attached hydrogens (tertiary/aromatic N) is 1. The van der Waals surface area contributed by atoms with Crippen molar-refractivity contribution in [2.24, 2.45) is 0 Å². The molecule has 0 bridgehead atoms. The Morgan fingerprint density at radius 3 is 1.48 bits per heavy atom. The van der Waals surface area contributed by atoms with Crippen LogP contribution < -0.4 is 14.4 Å². The Balaban J connectivity index is 1.41. The molecule has 0 unspecified atom stereocenters. The molecule has 0 spiro atoms. The van der Waals surface area contributed by atoms with Gasteiger partial charge in [0.05, 0.1) is 26.6 Å². The summed E-state index contributed by atoms with van der Waals surface area (Å²) in [6.07, 6.45) is 0. The first-order chi connectivity index (χ1) is 25.8. The van der Waals surface area contributed by atoms with Crippen LogP contribution in [0.2, 0.25) is 0 Å². The van der Waals surface area contributed by atoms with E-state index in [0.717, 1.165) is 30.9 Å². The van der Waals surface area contributed by atoms with Gasteiger partial charge in [0.1, 0.15) is 23.0 Å². The molecule has 266 valence electrons. The molecule has 11 nitrogen and oxygen atoms in total. The summed E-state index contributed by atoms with van der Waals surface area (Å²) in [5.74, 6) is -0.371. The van der Waals surface area contributed by atoms with Gasteiger partial charge in [-0.15, -0.1) is 0 Å². The SMILES string of the molecule is O=C1c2cc(Oc3ccc(S(=O)(=O)O)cc3)c3c4cccc5c(Br)ccc(c6c(Oc7ccc(S(=O)(=O)O)cc7)cc(c2c36)C(=O)N1c1ccccc1)c54. The Morgan fingerprint density at radius 1 is 0.500 bits per heavy atom. The van der Waals surface area contributed by atoms with Crippen molar-refractivity contribution in [1.29, 1.82) is 0 Å². The molecule has 14 heteroatoms. The summed E-state index contributed by atoms with van der Waals surface area (Å²) >= 11 is 3.68. The van der Waals surface area contributed by atoms with Gasteiger partial charge in [0.15, 0.2) is 0 Å². The van der Waals surface area contributed by atoms with Gasteiger partial charge in [-0.2, -0.15) is 16.8 Å². The van der Waals surface area contributed by atoms with E-state index in [1.165, 1.54) is 48.5 Å². The lowest BCUT2D eigenvalue weighted by Crippen LogP contribution is -2.40. The predicted octanol–water partition coefficient (Wildman–Crippen LogP) is 9.38. The Labute approximate surface area is 314 Å². The van der Waals surface area contributed by atoms with E-state index >= 15 is 0 Å². The van der Waals surface area contributed by atoms with Crippen LogP contribution in [-0.2, 0) is 20.2 Å². The van der Waals surface area contributed by atoms with Gasteiger partial charge in [0.25, 0.3) is 32.1 Å². The average Bonchev–Trinajstić information content (AvgIpc) is 3.14. The number of rotatable bonds is 7. The number of carbonyl (C=O) groups excluding carboxylic acids is 2. The topological polar surface area (TPSA) is 165 Å². The van der Waals surface area contributed by atoms with Gasteiger partial charge in [-0.05, 0) is 100 Å². The summed E-state index contributed by atoms with van der Waals surface area (Å²) in [7, 11) is -8.97. The largest absolute Gasteiger partial charge is 0.457 e. The molecule has 1 aliphatic heterocycles. The molecule has 9 rings (SSSR count). The van der Waals surface area contributed by atoms with E-state index in [0.29, 0.717) is 27.2 Å². The van der Waals surface area contributed by atoms with Gasteiger partial charge in [-0.25, -0.2) is 4.90 Å². The minimum absolute atomic E-state index is 0.162. The van der Waals surface area contributed by atoms with Gasteiger partial charge in [-0.3, -0.25) is 18.7 Å². The highest BCUT2D eigenvalue weighted by Crippen LogP contribution is 2.52. The van der Waals surface area contributed by atoms with Crippen molar-refractivity contribution in [3.05, 3.63) is 137 Å². The number of hydrogen-bond donors (Lipinski definition) is 2. The third-order valence-corrected chi connectivity index (χ3v) is 11.9. The highest BCUT2D eigenvalue weighted by atomic mass is 79.9. The Morgan fingerprint density at radius 2 is 0.981 bits per heavy atom. The van der Waals surface area contributed by atoms with Gasteiger partial charge in [0.2, 0.25) is 0 Å². The zero-order chi connectivity index (χ0) is 37.7. The molecule has 0 aliphatic carbocycles. The van der Waals surface area contributed by atoms with Crippen LogP contribution in [0.4, 0.5) is 5.69 Å². The summed E-state index contributed by atoms with van der Waals surface area (Å²) in [5.41, 5.74) is 0.655. The molecule has 0 atom stereocenters. The molecule has 2 N–H and O–H groups in total. The maximum absolute atomic E-state index is 14.5. The predicted molar refractivity (Wildman–Crippen MR) is 206 cm³/mol. The maximum Gasteiger partial charge on any atom is 0.294 e. The Bertz CT molecular complexity index is 2980. The molecule has 0 fully saturated rings. The van der Waals surface area contributed by atoms with Gasteiger partial charge in [0, 0.05) is 26.0 Å². The van der Waals surface area contributed by atoms with Crippen molar-refractivity contribution < 1.29 is 45.0 Å². The van der Waals surface area contributed by atoms with E-state index in [2.05, 4.69) is 15.9 Å². The highest BCUT2D eigenvalue weighted by molar-refractivity contribution is 9.10. The molecule has 0 aromatic heterocycles. The second kappa shape index (κ2) is 12.1. The summed E-state index contributed by atoms with van der Waals surface area (Å²) in [5, 5.41) is 5.00. The second-order valence-corrected chi connectivity index (χ2v) is 16.2. The van der Waals surface area contributed by atoms with Crippen LogP contribution in [0.5, 0.6) is 23.0 Å². The summed E-state index contributed by atoms with van der Waals surface area (Å²) < 4.78 is 80.1. The van der Waals surface area contributed by atoms with Crippen LogP contribution >= 0.6 is 15.9 Å². The minimum Gasteiger partial charge on any atom is -0.457 e. The average molecular weight is 821 g/mol. The van der Waals surface area contributed by atoms with Crippen molar-refractivity contribution in [3.63, 3.8) is 0 Å². The number of amides is 2. The Hall–Kier alpha value is -5.90. The summed E-state index contributed by atoms with van der Waals surface area (Å²) in [6.45, 7) is 0. The molecule has 0 saturated heterocycles. The lowest BCUT2D eigenvalue weighted by Gasteiger charge is -2.30. The molecule has 2 amide bonds. The maximum atomic E-state index is 14.5. The highest BCUT2D eigenvalue weighted by Gasteiger charge is 2.38. The first kappa shape index (κ1) is 33.9. The van der Waals surface area contributed by atoms with Crippen LogP contribution in [0.1, 0.15) is 20.7 Å². The van der Waals surface area contributed by atoms with Crippen molar-refractivity contribution in [1.82, 2.24) is 0 Å². The molecular weight excluding hydrogens is 798 g/mol. The lowest BCUT2D eigenvalue weighted by atomic mass is 9.83. The molecule has 54 heavy (non-hydrogen) atoms. The third kappa shape index (κ3) is 5.29. The zero-order valence-corrected chi connectivity index (χ0v) is 30.6. The number of imide groups is 1. The van der Waals surface area contributed by atoms with Crippen molar-refractivity contribution in [3.8, 4) is 23.0 Å². The number of hydrogen-bond acceptors (Lipinski definition) is 8. The summed E-state index contributed by atoms with van der Waals surface area (Å²) in [4.78, 5) is 29.4. The standard InChI is InChI=1S/C40H22BrNO10S2/c41-31-18-17-28-34-26(31)7-4-8-27(34)36-32(51-22-9-13-24(14-10-22)53(45,46)47)19-29-35-30(40(44)42(39(29)43)21-5-2-1-3-6-21)20-33(37(28)38(35)36)52-23-11-15-25(16-12-23)54(48,49)50/h1-20H,(H,45,46,47)(H,48,49,50). The monoisotopic (exact) mass is 819 g/mol. The number of halogens is 1. The normalized spacial score (nSPS) is 13.4. The van der Waals surface area contributed by atoms with Crippen LogP contribution in [-0.4, -0.2) is 37.8 Å². The van der Waals surface area contributed by atoms with E-state index in [-0.39, 0.29) is 43.9 Å². The van der Waals surface area contributed by atoms with Crippen molar-refractivity contribution >= 4 is 96.8 Å². The fourth-order valence-corrected chi connectivity index (χ4v) is 8.59. The molecule has 1 aliphatic rings. The fraction of sp³-hybridized carbons (Fsp3) is 0. The van der Waals surface area contributed by atoms with Gasteiger partial charge < -0.3 is 9.47 Å². The smallest absolute Gasteiger partial charge is 0.294 e. The van der Waals surface area contributed by atoms with E-state index in [1.807, 2.05) is 30.3 Å². The van der Waals surface area contributed by atoms with Crippen LogP contribution in [0.25, 0.3) is 43.1 Å². The number of para-hydroxylation sites is 1. The molecule has 1 heterocycles. The molecule has 8 aromatic rings. The Kier molecular flexibility index (Phi) is 7.57. The van der Waals surface area contributed by atoms with Crippen molar-refractivity contribution in [2.45, 2.75) is 9.79 Å². The van der Waals surface area contributed by atoms with E-state index in [9.17, 15) is 35.5 Å². The second-order valence-electron chi connectivity index (χ2n) is 12.5. The summed E-state index contributed by atoms with van der Waals surface area (Å²) in [6, 6.07) is 31.4. The first-order valence-corrected chi connectivity index (χ1v) is 19.8. The van der Waals surface area contributed by atoms with E-state index in [4.69, 9.17) is 9.47 Å². The van der Waals surface area contributed by atoms with Gasteiger partial charge in [-0.1, -0.05) is 58.4 Å². The number of carbonyl (C=O) groups is 2. The van der Waals surface area contributed by atoms with Gasteiger partial charge >= 0.3 is 0 Å². The molecule has 8 aromatic carbocycles. The fourth-order valence-electron chi connectivity index (χ4n) is 7.17.